The lowest BCUT2D eigenvalue weighted by Gasteiger charge is -2.34. The van der Waals surface area contributed by atoms with Crippen molar-refractivity contribution < 1.29 is 9.47 Å². The molecule has 0 N–H and O–H groups in total. The molecule has 2 nitrogen and oxygen atoms in total. The zero-order valence-electron chi connectivity index (χ0n) is 10.9. The van der Waals surface area contributed by atoms with Crippen LogP contribution in [0.3, 0.4) is 0 Å². The van der Waals surface area contributed by atoms with E-state index in [1.165, 1.54) is 0 Å². The van der Waals surface area contributed by atoms with Crippen LogP contribution < -0.4 is 4.74 Å². The topological polar surface area (TPSA) is 18.5 Å². The van der Waals surface area contributed by atoms with Gasteiger partial charge in [-0.1, -0.05) is 64.5 Å². The highest BCUT2D eigenvalue weighted by Gasteiger charge is 2.36. The van der Waals surface area contributed by atoms with Crippen LogP contribution in [0.1, 0.15) is 5.56 Å². The van der Waals surface area contributed by atoms with E-state index in [0.717, 1.165) is 11.3 Å². The first-order chi connectivity index (χ1) is 9.24. The Labute approximate surface area is 122 Å². The van der Waals surface area contributed by atoms with E-state index >= 15 is 0 Å². The summed E-state index contributed by atoms with van der Waals surface area (Å²) < 4.78 is 10.7. The molecular formula is C16H17BrO2. The molecule has 2 atom stereocenters. The van der Waals surface area contributed by atoms with E-state index < -0.39 is 0 Å². The molecule has 0 bridgehead atoms. The standard InChI is InChI=1S/C16H17BrO2/c1-3-16(11-7-6-10-15(16)17)13-8-4-5-9-14(13)19-12-18-2/h3-11,15H,1,12H2,2H3. The van der Waals surface area contributed by atoms with Crippen molar-refractivity contribution in [2.75, 3.05) is 13.9 Å². The zero-order valence-corrected chi connectivity index (χ0v) is 12.5. The summed E-state index contributed by atoms with van der Waals surface area (Å²) in [4.78, 5) is 0.148. The Morgan fingerprint density at radius 3 is 2.84 bits per heavy atom. The van der Waals surface area contributed by atoms with Crippen LogP contribution in [0.5, 0.6) is 5.75 Å². The lowest BCUT2D eigenvalue weighted by molar-refractivity contribution is 0.0500. The molecule has 1 aromatic carbocycles. The first-order valence-corrected chi connectivity index (χ1v) is 7.01. The number of hydrogen-bond donors (Lipinski definition) is 0. The van der Waals surface area contributed by atoms with Gasteiger partial charge in [0.05, 0.1) is 5.41 Å². The van der Waals surface area contributed by atoms with E-state index in [1.807, 2.05) is 36.4 Å². The third-order valence-electron chi connectivity index (χ3n) is 3.24. The molecule has 100 valence electrons. The third-order valence-corrected chi connectivity index (χ3v) is 4.31. The van der Waals surface area contributed by atoms with Crippen molar-refractivity contribution >= 4 is 15.9 Å². The van der Waals surface area contributed by atoms with Gasteiger partial charge in [0.15, 0.2) is 6.79 Å². The first kappa shape index (κ1) is 14.1. The molecule has 0 saturated heterocycles. The highest BCUT2D eigenvalue weighted by Crippen LogP contribution is 2.42. The highest BCUT2D eigenvalue weighted by molar-refractivity contribution is 9.09. The van der Waals surface area contributed by atoms with Crippen LogP contribution >= 0.6 is 15.9 Å². The fraction of sp³-hybridized carbons (Fsp3) is 0.250. The summed E-state index contributed by atoms with van der Waals surface area (Å²) >= 11 is 3.72. The molecule has 0 aromatic heterocycles. The average molecular weight is 321 g/mol. The number of ether oxygens (including phenoxy) is 2. The number of benzene rings is 1. The Hall–Kier alpha value is -1.32. The average Bonchev–Trinajstić information content (AvgIpc) is 2.46. The van der Waals surface area contributed by atoms with Crippen molar-refractivity contribution in [3.63, 3.8) is 0 Å². The van der Waals surface area contributed by atoms with Gasteiger partial charge in [-0.25, -0.2) is 0 Å². The van der Waals surface area contributed by atoms with Crippen LogP contribution in [0.2, 0.25) is 0 Å². The van der Waals surface area contributed by atoms with E-state index in [1.54, 1.807) is 7.11 Å². The van der Waals surface area contributed by atoms with Gasteiger partial charge in [0.2, 0.25) is 0 Å². The summed E-state index contributed by atoms with van der Waals surface area (Å²) in [7, 11) is 1.61. The molecule has 1 aliphatic carbocycles. The van der Waals surface area contributed by atoms with Gasteiger partial charge in [0, 0.05) is 17.5 Å². The monoisotopic (exact) mass is 320 g/mol. The maximum Gasteiger partial charge on any atom is 0.188 e. The van der Waals surface area contributed by atoms with E-state index in [9.17, 15) is 0 Å². The van der Waals surface area contributed by atoms with Crippen LogP contribution in [0, 0.1) is 0 Å². The second-order valence-electron chi connectivity index (χ2n) is 4.33. The van der Waals surface area contributed by atoms with Gasteiger partial charge in [-0.05, 0) is 6.07 Å². The molecule has 1 aromatic rings. The minimum Gasteiger partial charge on any atom is -0.467 e. The Balaban J connectivity index is 2.46. The van der Waals surface area contributed by atoms with Crippen LogP contribution in [0.15, 0.2) is 61.2 Å². The summed E-state index contributed by atoms with van der Waals surface area (Å²) in [5, 5.41) is 0. The molecule has 3 heteroatoms. The molecule has 0 radical (unpaired) electrons. The van der Waals surface area contributed by atoms with Crippen molar-refractivity contribution in [2.24, 2.45) is 0 Å². The van der Waals surface area contributed by atoms with Crippen molar-refractivity contribution in [1.29, 1.82) is 0 Å². The highest BCUT2D eigenvalue weighted by atomic mass is 79.9. The second-order valence-corrected chi connectivity index (χ2v) is 5.32. The largest absolute Gasteiger partial charge is 0.467 e. The molecule has 0 amide bonds. The van der Waals surface area contributed by atoms with Crippen LogP contribution in [0.4, 0.5) is 0 Å². The van der Waals surface area contributed by atoms with Crippen LogP contribution in [-0.2, 0) is 10.2 Å². The molecule has 0 spiro atoms. The number of methoxy groups -OCH3 is 1. The lowest BCUT2D eigenvalue weighted by atomic mass is 9.75. The maximum absolute atomic E-state index is 5.67. The predicted molar refractivity (Wildman–Crippen MR) is 81.8 cm³/mol. The van der Waals surface area contributed by atoms with E-state index in [-0.39, 0.29) is 17.0 Å². The Morgan fingerprint density at radius 2 is 2.16 bits per heavy atom. The molecule has 2 unspecified atom stereocenters. The van der Waals surface area contributed by atoms with Crippen LogP contribution in [-0.4, -0.2) is 18.7 Å². The maximum atomic E-state index is 5.67. The molecule has 0 fully saturated rings. The number of rotatable bonds is 5. The Bertz CT molecular complexity index is 507. The van der Waals surface area contributed by atoms with Crippen molar-refractivity contribution in [3.8, 4) is 5.75 Å². The van der Waals surface area contributed by atoms with Crippen molar-refractivity contribution in [1.82, 2.24) is 0 Å². The number of allylic oxidation sites excluding steroid dienone is 5. The Morgan fingerprint density at radius 1 is 1.37 bits per heavy atom. The number of hydrogen-bond acceptors (Lipinski definition) is 2. The molecule has 1 aliphatic rings. The minimum absolute atomic E-state index is 0.148. The molecular weight excluding hydrogens is 304 g/mol. The minimum atomic E-state index is -0.306. The summed E-state index contributed by atoms with van der Waals surface area (Å²) in [6.07, 6.45) is 10.2. The van der Waals surface area contributed by atoms with E-state index in [0.29, 0.717) is 0 Å². The van der Waals surface area contributed by atoms with Crippen molar-refractivity contribution in [2.45, 2.75) is 10.2 Å². The van der Waals surface area contributed by atoms with Crippen molar-refractivity contribution in [3.05, 3.63) is 66.8 Å². The number of alkyl halides is 1. The lowest BCUT2D eigenvalue weighted by Crippen LogP contribution is -2.32. The summed E-state index contributed by atoms with van der Waals surface area (Å²) in [6.45, 7) is 4.24. The molecule has 19 heavy (non-hydrogen) atoms. The quantitative estimate of drug-likeness (QED) is 0.464. The molecule has 0 aliphatic heterocycles. The van der Waals surface area contributed by atoms with E-state index in [4.69, 9.17) is 9.47 Å². The molecule has 0 heterocycles. The van der Waals surface area contributed by atoms with Gasteiger partial charge in [-0.15, -0.1) is 6.58 Å². The smallest absolute Gasteiger partial charge is 0.188 e. The fourth-order valence-corrected chi connectivity index (χ4v) is 2.99. The predicted octanol–water partition coefficient (Wildman–Crippen LogP) is 3.98. The number of halogens is 1. The summed E-state index contributed by atoms with van der Waals surface area (Å²) in [5.41, 5.74) is 0.767. The normalized spacial score (nSPS) is 25.3. The second kappa shape index (κ2) is 6.22. The SMILES string of the molecule is C=CC1(c2ccccc2OCOC)C=CC=CC1Br. The van der Waals surface area contributed by atoms with Gasteiger partial charge >= 0.3 is 0 Å². The fourth-order valence-electron chi connectivity index (χ4n) is 2.23. The van der Waals surface area contributed by atoms with Gasteiger partial charge < -0.3 is 9.47 Å². The van der Waals surface area contributed by atoms with E-state index in [2.05, 4.69) is 40.7 Å². The first-order valence-electron chi connectivity index (χ1n) is 6.09. The van der Waals surface area contributed by atoms with Gasteiger partial charge in [0.25, 0.3) is 0 Å². The Kier molecular flexibility index (Phi) is 4.61. The molecule has 0 saturated carbocycles. The van der Waals surface area contributed by atoms with Gasteiger partial charge in [-0.2, -0.15) is 0 Å². The summed E-state index contributed by atoms with van der Waals surface area (Å²) in [6, 6.07) is 7.97. The van der Waals surface area contributed by atoms with Gasteiger partial charge in [0.1, 0.15) is 5.75 Å². The van der Waals surface area contributed by atoms with Gasteiger partial charge in [-0.3, -0.25) is 0 Å². The third kappa shape index (κ3) is 2.67. The number of para-hydroxylation sites is 1. The molecule has 2 rings (SSSR count). The zero-order chi connectivity index (χ0) is 13.7. The summed E-state index contributed by atoms with van der Waals surface area (Å²) in [5.74, 6) is 0.814. The van der Waals surface area contributed by atoms with Crippen LogP contribution in [0.25, 0.3) is 0 Å².